The van der Waals surface area contributed by atoms with Gasteiger partial charge in [0.2, 0.25) is 0 Å². The first-order valence-corrected chi connectivity index (χ1v) is 9.39. The summed E-state index contributed by atoms with van der Waals surface area (Å²) < 4.78 is 11.3. The average molecular weight is 368 g/mol. The van der Waals surface area contributed by atoms with Gasteiger partial charge in [-0.25, -0.2) is 0 Å². The molecule has 0 spiro atoms. The van der Waals surface area contributed by atoms with Crippen LogP contribution in [-0.4, -0.2) is 38.8 Å². The molecule has 5 heteroatoms. The third-order valence-electron chi connectivity index (χ3n) is 4.58. The number of carbonyl (C=O) groups is 1. The van der Waals surface area contributed by atoms with Crippen LogP contribution >= 0.6 is 0 Å². The molecule has 1 amide bonds. The zero-order chi connectivity index (χ0) is 19.3. The molecule has 2 aromatic rings. The Morgan fingerprint density at radius 2 is 1.74 bits per heavy atom. The van der Waals surface area contributed by atoms with Crippen LogP contribution in [0.25, 0.3) is 0 Å². The molecule has 144 valence electrons. The van der Waals surface area contributed by atoms with Crippen LogP contribution < -0.4 is 15.0 Å². The number of amides is 1. The molecule has 0 unspecified atom stereocenters. The summed E-state index contributed by atoms with van der Waals surface area (Å²) in [4.78, 5) is 14.7. The van der Waals surface area contributed by atoms with Gasteiger partial charge in [-0.05, 0) is 29.2 Å². The molecule has 27 heavy (non-hydrogen) atoms. The number of benzene rings is 2. The van der Waals surface area contributed by atoms with E-state index >= 15 is 0 Å². The molecule has 1 fully saturated rings. The molecule has 0 saturated carbocycles. The Balaban J connectivity index is 1.66. The fourth-order valence-electron chi connectivity index (χ4n) is 3.20. The summed E-state index contributed by atoms with van der Waals surface area (Å²) in [6.07, 6.45) is 0. The van der Waals surface area contributed by atoms with Crippen molar-refractivity contribution in [1.82, 2.24) is 0 Å². The predicted octanol–water partition coefficient (Wildman–Crippen LogP) is 3.84. The number of nitrogens with zero attached hydrogens (tertiary/aromatic N) is 1. The summed E-state index contributed by atoms with van der Waals surface area (Å²) >= 11 is 0. The molecule has 1 N–H and O–H groups in total. The Labute approximate surface area is 161 Å². The molecular formula is C22H28N2O3. The SMILES string of the molecule is CC(C)(C)c1ccccc1OCC(=O)Nc1ccccc1N1CCOCC1. The van der Waals surface area contributed by atoms with Gasteiger partial charge in [0.1, 0.15) is 5.75 Å². The van der Waals surface area contributed by atoms with Crippen molar-refractivity contribution in [3.8, 4) is 5.75 Å². The van der Waals surface area contributed by atoms with Crippen molar-refractivity contribution < 1.29 is 14.3 Å². The molecule has 3 rings (SSSR count). The Hall–Kier alpha value is -2.53. The van der Waals surface area contributed by atoms with Crippen molar-refractivity contribution in [3.63, 3.8) is 0 Å². The van der Waals surface area contributed by atoms with Crippen LogP contribution in [0.5, 0.6) is 5.75 Å². The number of carbonyl (C=O) groups excluding carboxylic acids is 1. The van der Waals surface area contributed by atoms with E-state index in [-0.39, 0.29) is 17.9 Å². The number of morpholine rings is 1. The summed E-state index contributed by atoms with van der Waals surface area (Å²) in [5.74, 6) is 0.584. The number of para-hydroxylation sites is 3. The molecule has 1 saturated heterocycles. The van der Waals surface area contributed by atoms with E-state index in [4.69, 9.17) is 9.47 Å². The maximum Gasteiger partial charge on any atom is 0.262 e. The third-order valence-corrected chi connectivity index (χ3v) is 4.58. The van der Waals surface area contributed by atoms with E-state index in [1.165, 1.54) is 0 Å². The largest absolute Gasteiger partial charge is 0.483 e. The lowest BCUT2D eigenvalue weighted by Gasteiger charge is -2.30. The Morgan fingerprint density at radius 3 is 2.48 bits per heavy atom. The maximum atomic E-state index is 12.5. The molecule has 1 heterocycles. The third kappa shape index (κ3) is 5.01. The summed E-state index contributed by atoms with van der Waals surface area (Å²) in [7, 11) is 0. The molecule has 0 aliphatic carbocycles. The number of anilines is 2. The minimum atomic E-state index is -0.167. The molecule has 2 aromatic carbocycles. The normalized spacial score (nSPS) is 14.7. The first-order valence-electron chi connectivity index (χ1n) is 9.39. The number of nitrogens with one attached hydrogen (secondary N) is 1. The highest BCUT2D eigenvalue weighted by Crippen LogP contribution is 2.31. The standard InChI is InChI=1S/C22H28N2O3/c1-22(2,3)17-8-4-7-11-20(17)27-16-21(25)23-18-9-5-6-10-19(18)24-12-14-26-15-13-24/h4-11H,12-16H2,1-3H3,(H,23,25). The molecule has 0 atom stereocenters. The van der Waals surface area contributed by atoms with E-state index in [1.807, 2.05) is 48.5 Å². The van der Waals surface area contributed by atoms with Gasteiger partial charge in [-0.15, -0.1) is 0 Å². The lowest BCUT2D eigenvalue weighted by atomic mass is 9.86. The van der Waals surface area contributed by atoms with Crippen molar-refractivity contribution in [2.75, 3.05) is 43.1 Å². The van der Waals surface area contributed by atoms with E-state index in [2.05, 4.69) is 31.0 Å². The lowest BCUT2D eigenvalue weighted by Crippen LogP contribution is -2.37. The van der Waals surface area contributed by atoms with Gasteiger partial charge in [0.05, 0.1) is 24.6 Å². The van der Waals surface area contributed by atoms with E-state index in [0.717, 1.165) is 35.8 Å². The maximum absolute atomic E-state index is 12.5. The van der Waals surface area contributed by atoms with Crippen LogP contribution in [0.15, 0.2) is 48.5 Å². The van der Waals surface area contributed by atoms with Crippen molar-refractivity contribution in [2.24, 2.45) is 0 Å². The van der Waals surface area contributed by atoms with Crippen molar-refractivity contribution in [3.05, 3.63) is 54.1 Å². The molecule has 0 bridgehead atoms. The van der Waals surface area contributed by atoms with Gasteiger partial charge in [-0.2, -0.15) is 0 Å². The van der Waals surface area contributed by atoms with Gasteiger partial charge in [-0.1, -0.05) is 51.1 Å². The second-order valence-electron chi connectivity index (χ2n) is 7.70. The highest BCUT2D eigenvalue weighted by molar-refractivity contribution is 5.95. The molecule has 0 aromatic heterocycles. The van der Waals surface area contributed by atoms with E-state index < -0.39 is 0 Å². The van der Waals surface area contributed by atoms with Crippen LogP contribution in [0.3, 0.4) is 0 Å². The minimum Gasteiger partial charge on any atom is -0.483 e. The van der Waals surface area contributed by atoms with E-state index in [9.17, 15) is 4.79 Å². The topological polar surface area (TPSA) is 50.8 Å². The van der Waals surface area contributed by atoms with E-state index in [0.29, 0.717) is 13.2 Å². The van der Waals surface area contributed by atoms with Gasteiger partial charge in [0.15, 0.2) is 6.61 Å². The monoisotopic (exact) mass is 368 g/mol. The van der Waals surface area contributed by atoms with E-state index in [1.54, 1.807) is 0 Å². The van der Waals surface area contributed by atoms with Crippen LogP contribution in [-0.2, 0) is 14.9 Å². The zero-order valence-corrected chi connectivity index (χ0v) is 16.3. The summed E-state index contributed by atoms with van der Waals surface area (Å²) in [6, 6.07) is 15.7. The van der Waals surface area contributed by atoms with Crippen molar-refractivity contribution >= 4 is 17.3 Å². The molecular weight excluding hydrogens is 340 g/mol. The van der Waals surface area contributed by atoms with Crippen LogP contribution in [0.4, 0.5) is 11.4 Å². The van der Waals surface area contributed by atoms with Crippen molar-refractivity contribution in [2.45, 2.75) is 26.2 Å². The smallest absolute Gasteiger partial charge is 0.262 e. The van der Waals surface area contributed by atoms with Gasteiger partial charge >= 0.3 is 0 Å². The molecule has 1 aliphatic rings. The van der Waals surface area contributed by atoms with Gasteiger partial charge in [-0.3, -0.25) is 4.79 Å². The average Bonchev–Trinajstić information content (AvgIpc) is 2.67. The summed E-state index contributed by atoms with van der Waals surface area (Å²) in [5, 5.41) is 2.99. The Morgan fingerprint density at radius 1 is 1.07 bits per heavy atom. The van der Waals surface area contributed by atoms with Gasteiger partial charge in [0, 0.05) is 13.1 Å². The number of rotatable bonds is 5. The highest BCUT2D eigenvalue weighted by Gasteiger charge is 2.19. The number of hydrogen-bond donors (Lipinski definition) is 1. The molecule has 5 nitrogen and oxygen atoms in total. The first-order chi connectivity index (χ1) is 12.9. The van der Waals surface area contributed by atoms with Crippen LogP contribution in [0.1, 0.15) is 26.3 Å². The second kappa shape index (κ2) is 8.44. The van der Waals surface area contributed by atoms with Crippen molar-refractivity contribution in [1.29, 1.82) is 0 Å². The fourth-order valence-corrected chi connectivity index (χ4v) is 3.20. The second-order valence-corrected chi connectivity index (χ2v) is 7.70. The first kappa shape index (κ1) is 19.2. The summed E-state index contributed by atoms with van der Waals surface area (Å²) in [6.45, 7) is 9.43. The fraction of sp³-hybridized carbons (Fsp3) is 0.409. The highest BCUT2D eigenvalue weighted by atomic mass is 16.5. The minimum absolute atomic E-state index is 0.0233. The Bertz CT molecular complexity index is 777. The Kier molecular flexibility index (Phi) is 6.01. The molecule has 1 aliphatic heterocycles. The van der Waals surface area contributed by atoms with Gasteiger partial charge < -0.3 is 19.7 Å². The van der Waals surface area contributed by atoms with Crippen LogP contribution in [0, 0.1) is 0 Å². The number of hydrogen-bond acceptors (Lipinski definition) is 4. The number of ether oxygens (including phenoxy) is 2. The van der Waals surface area contributed by atoms with Crippen LogP contribution in [0.2, 0.25) is 0 Å². The van der Waals surface area contributed by atoms with Gasteiger partial charge in [0.25, 0.3) is 5.91 Å². The lowest BCUT2D eigenvalue weighted by molar-refractivity contribution is -0.118. The zero-order valence-electron chi connectivity index (χ0n) is 16.3. The summed E-state index contributed by atoms with van der Waals surface area (Å²) in [5.41, 5.74) is 2.86. The quantitative estimate of drug-likeness (QED) is 0.871. The predicted molar refractivity (Wildman–Crippen MR) is 109 cm³/mol. The molecule has 0 radical (unpaired) electrons.